The van der Waals surface area contributed by atoms with Gasteiger partial charge < -0.3 is 15.5 Å². The first-order valence-electron chi connectivity index (χ1n) is 11.2. The largest absolute Gasteiger partial charge is 0.344 e. The molecule has 33 heavy (non-hydrogen) atoms. The van der Waals surface area contributed by atoms with Crippen molar-refractivity contribution in [3.8, 4) is 0 Å². The minimum Gasteiger partial charge on any atom is -0.344 e. The molecule has 0 aromatic heterocycles. The standard InChI is InChI=1S/C25H27F2N3O3/c1-15(28-22(31)11-17-9-19(26)12-20(27)10-17)24(32)29-23-21-8-7-18(21)14-30(25(23)33)13-16-5-3-2-4-6-16/h2-6,9-10,12,15,18,21,23H,7-8,11,13-14H2,1H3,(H,28,31)(H,29,32). The van der Waals surface area contributed by atoms with Crippen LogP contribution in [0, 0.1) is 23.5 Å². The zero-order chi connectivity index (χ0) is 23.5. The Bertz CT molecular complexity index is 1030. The molecule has 1 saturated heterocycles. The Morgan fingerprint density at radius 1 is 1.06 bits per heavy atom. The van der Waals surface area contributed by atoms with E-state index in [9.17, 15) is 23.2 Å². The van der Waals surface area contributed by atoms with E-state index in [1.54, 1.807) is 4.90 Å². The molecule has 2 N–H and O–H groups in total. The van der Waals surface area contributed by atoms with Crippen molar-refractivity contribution in [2.24, 2.45) is 11.8 Å². The lowest BCUT2D eigenvalue weighted by Gasteiger charge is -2.49. The first-order chi connectivity index (χ1) is 15.8. The number of likely N-dealkylation sites (tertiary alicyclic amines) is 1. The summed E-state index contributed by atoms with van der Waals surface area (Å²) in [5, 5.41) is 5.38. The molecule has 1 heterocycles. The van der Waals surface area contributed by atoms with Crippen LogP contribution >= 0.6 is 0 Å². The van der Waals surface area contributed by atoms with E-state index in [-0.39, 0.29) is 23.8 Å². The van der Waals surface area contributed by atoms with Gasteiger partial charge in [-0.25, -0.2) is 8.78 Å². The molecule has 2 fully saturated rings. The number of hydrogen-bond donors (Lipinski definition) is 2. The molecule has 0 spiro atoms. The topological polar surface area (TPSA) is 78.5 Å². The quantitative estimate of drug-likeness (QED) is 0.674. The number of piperidine rings is 1. The Balaban J connectivity index is 1.35. The van der Waals surface area contributed by atoms with E-state index >= 15 is 0 Å². The first-order valence-corrected chi connectivity index (χ1v) is 11.2. The SMILES string of the molecule is CC(NC(=O)Cc1cc(F)cc(F)c1)C(=O)NC1C(=O)N(Cc2ccccc2)CC2CCC21. The van der Waals surface area contributed by atoms with Gasteiger partial charge in [-0.2, -0.15) is 0 Å². The van der Waals surface area contributed by atoms with Crippen LogP contribution in [0.5, 0.6) is 0 Å². The molecule has 3 amide bonds. The van der Waals surface area contributed by atoms with Gasteiger partial charge >= 0.3 is 0 Å². The maximum absolute atomic E-state index is 13.3. The monoisotopic (exact) mass is 455 g/mol. The lowest BCUT2D eigenvalue weighted by atomic mass is 9.66. The normalized spacial score (nSPS) is 22.7. The molecule has 8 heteroatoms. The van der Waals surface area contributed by atoms with E-state index in [0.717, 1.165) is 36.6 Å². The minimum atomic E-state index is -0.897. The van der Waals surface area contributed by atoms with Crippen LogP contribution < -0.4 is 10.6 Å². The van der Waals surface area contributed by atoms with Gasteiger partial charge in [-0.05, 0) is 54.9 Å². The lowest BCUT2D eigenvalue weighted by Crippen LogP contribution is -2.64. The molecule has 0 radical (unpaired) electrons. The number of nitrogens with zero attached hydrogens (tertiary/aromatic N) is 1. The van der Waals surface area contributed by atoms with Crippen LogP contribution in [0.3, 0.4) is 0 Å². The van der Waals surface area contributed by atoms with Gasteiger partial charge in [0.2, 0.25) is 17.7 Å². The molecular formula is C25H27F2N3O3. The van der Waals surface area contributed by atoms with Crippen molar-refractivity contribution < 1.29 is 23.2 Å². The predicted molar refractivity (Wildman–Crippen MR) is 118 cm³/mol. The fourth-order valence-electron chi connectivity index (χ4n) is 4.66. The summed E-state index contributed by atoms with van der Waals surface area (Å²) >= 11 is 0. The molecule has 2 aromatic rings. The maximum Gasteiger partial charge on any atom is 0.245 e. The molecular weight excluding hydrogens is 428 g/mol. The van der Waals surface area contributed by atoms with Crippen LogP contribution in [0.25, 0.3) is 0 Å². The first kappa shape index (κ1) is 22.9. The second kappa shape index (κ2) is 9.68. The van der Waals surface area contributed by atoms with Crippen LogP contribution in [-0.4, -0.2) is 41.2 Å². The highest BCUT2D eigenvalue weighted by Gasteiger charge is 2.48. The molecule has 4 unspecified atom stereocenters. The molecule has 174 valence electrons. The maximum atomic E-state index is 13.3. The molecule has 2 aliphatic rings. The number of nitrogens with one attached hydrogen (secondary N) is 2. The zero-order valence-electron chi connectivity index (χ0n) is 18.4. The van der Waals surface area contributed by atoms with E-state index in [2.05, 4.69) is 10.6 Å². The van der Waals surface area contributed by atoms with E-state index in [4.69, 9.17) is 0 Å². The fraction of sp³-hybridized carbons (Fsp3) is 0.400. The minimum absolute atomic E-state index is 0.103. The van der Waals surface area contributed by atoms with Crippen molar-refractivity contribution in [3.05, 3.63) is 71.3 Å². The molecule has 4 atom stereocenters. The number of carbonyl (C=O) groups excluding carboxylic acids is 3. The average molecular weight is 456 g/mol. The average Bonchev–Trinajstić information content (AvgIpc) is 2.73. The number of carbonyl (C=O) groups is 3. The number of rotatable bonds is 7. The van der Waals surface area contributed by atoms with E-state index < -0.39 is 35.5 Å². The Morgan fingerprint density at radius 3 is 2.39 bits per heavy atom. The van der Waals surface area contributed by atoms with Crippen LogP contribution in [0.4, 0.5) is 8.78 Å². The second-order valence-corrected chi connectivity index (χ2v) is 8.94. The van der Waals surface area contributed by atoms with E-state index in [1.165, 1.54) is 6.92 Å². The van der Waals surface area contributed by atoms with Crippen molar-refractivity contribution in [1.29, 1.82) is 0 Å². The summed E-state index contributed by atoms with van der Waals surface area (Å²) < 4.78 is 26.7. The van der Waals surface area contributed by atoms with Gasteiger partial charge in [-0.15, -0.1) is 0 Å². The summed E-state index contributed by atoms with van der Waals surface area (Å²) in [5.74, 6) is -2.19. The summed E-state index contributed by atoms with van der Waals surface area (Å²) in [5.41, 5.74) is 1.21. The second-order valence-electron chi connectivity index (χ2n) is 8.94. The molecule has 1 saturated carbocycles. The van der Waals surface area contributed by atoms with Crippen LogP contribution in [0.15, 0.2) is 48.5 Å². The fourth-order valence-corrected chi connectivity index (χ4v) is 4.66. The Morgan fingerprint density at radius 2 is 1.76 bits per heavy atom. The van der Waals surface area contributed by atoms with Gasteiger partial charge in [-0.3, -0.25) is 14.4 Å². The van der Waals surface area contributed by atoms with Crippen LogP contribution in [0.1, 0.15) is 30.9 Å². The third-order valence-corrected chi connectivity index (χ3v) is 6.51. The zero-order valence-corrected chi connectivity index (χ0v) is 18.4. The highest BCUT2D eigenvalue weighted by molar-refractivity contribution is 5.92. The van der Waals surface area contributed by atoms with Crippen molar-refractivity contribution in [1.82, 2.24) is 15.5 Å². The summed E-state index contributed by atoms with van der Waals surface area (Å²) in [6.45, 7) is 2.69. The predicted octanol–water partition coefficient (Wildman–Crippen LogP) is 2.57. The Kier molecular flexibility index (Phi) is 6.72. The molecule has 0 bridgehead atoms. The lowest BCUT2D eigenvalue weighted by molar-refractivity contribution is -0.148. The van der Waals surface area contributed by atoms with Crippen molar-refractivity contribution >= 4 is 17.7 Å². The third kappa shape index (κ3) is 5.38. The third-order valence-electron chi connectivity index (χ3n) is 6.51. The van der Waals surface area contributed by atoms with Crippen LogP contribution in [-0.2, 0) is 27.3 Å². The van der Waals surface area contributed by atoms with Crippen molar-refractivity contribution in [2.45, 2.75) is 44.8 Å². The Labute approximate surface area is 191 Å². The van der Waals surface area contributed by atoms with Gasteiger partial charge in [0.1, 0.15) is 23.7 Å². The number of fused-ring (bicyclic) bond motifs is 1. The number of benzene rings is 2. The van der Waals surface area contributed by atoms with Crippen LogP contribution in [0.2, 0.25) is 0 Å². The summed E-state index contributed by atoms with van der Waals surface area (Å²) in [4.78, 5) is 40.0. The summed E-state index contributed by atoms with van der Waals surface area (Å²) in [6.07, 6.45) is 1.64. The van der Waals surface area contributed by atoms with Gasteiger partial charge in [0.15, 0.2) is 0 Å². The highest BCUT2D eigenvalue weighted by atomic mass is 19.1. The molecule has 4 rings (SSSR count). The van der Waals surface area contributed by atoms with Gasteiger partial charge in [-0.1, -0.05) is 30.3 Å². The van der Waals surface area contributed by atoms with Gasteiger partial charge in [0.05, 0.1) is 6.42 Å². The smallest absolute Gasteiger partial charge is 0.245 e. The molecule has 2 aromatic carbocycles. The van der Waals surface area contributed by atoms with E-state index in [0.29, 0.717) is 19.0 Å². The van der Waals surface area contributed by atoms with Gasteiger partial charge in [0.25, 0.3) is 0 Å². The molecule has 6 nitrogen and oxygen atoms in total. The van der Waals surface area contributed by atoms with Gasteiger partial charge in [0, 0.05) is 19.2 Å². The summed E-state index contributed by atoms with van der Waals surface area (Å²) in [6, 6.07) is 11.1. The molecule has 1 aliphatic carbocycles. The summed E-state index contributed by atoms with van der Waals surface area (Å²) in [7, 11) is 0. The number of amides is 3. The van der Waals surface area contributed by atoms with Crippen molar-refractivity contribution in [2.75, 3.05) is 6.54 Å². The Hall–Kier alpha value is -3.29. The number of hydrogen-bond acceptors (Lipinski definition) is 3. The highest BCUT2D eigenvalue weighted by Crippen LogP contribution is 2.41. The van der Waals surface area contributed by atoms with Crippen molar-refractivity contribution in [3.63, 3.8) is 0 Å². The van der Waals surface area contributed by atoms with E-state index in [1.807, 2.05) is 30.3 Å². The molecule has 1 aliphatic heterocycles. The number of halogens is 2.